The smallest absolute Gasteiger partial charge is 0.349 e. The number of nitrogens with one attached hydrogen (secondary N) is 2. The summed E-state index contributed by atoms with van der Waals surface area (Å²) in [5, 5.41) is 9.27. The highest BCUT2D eigenvalue weighted by molar-refractivity contribution is 7.84. The second-order valence-electron chi connectivity index (χ2n) is 3.62. The summed E-state index contributed by atoms with van der Waals surface area (Å²) < 4.78 is 12.3. The fourth-order valence-corrected chi connectivity index (χ4v) is 1.90. The van der Waals surface area contributed by atoms with E-state index in [0.717, 1.165) is 0 Å². The zero-order valence-corrected chi connectivity index (χ0v) is 10.4. The maximum atomic E-state index is 11.4. The van der Waals surface area contributed by atoms with Gasteiger partial charge in [0.2, 0.25) is 0 Å². The van der Waals surface area contributed by atoms with Crippen LogP contribution in [0.1, 0.15) is 5.82 Å². The number of rotatable bonds is 4. The fourth-order valence-electron chi connectivity index (χ4n) is 1.51. The average molecular weight is 255 g/mol. The Balaban J connectivity index is 2.25. The number of fused-ring (bicyclic) bond motifs is 1. The van der Waals surface area contributed by atoms with Gasteiger partial charge >= 0.3 is 5.69 Å². The van der Waals surface area contributed by atoms with E-state index in [1.807, 2.05) is 0 Å². The van der Waals surface area contributed by atoms with Gasteiger partial charge in [-0.15, -0.1) is 0 Å². The number of nitrogens with zero attached hydrogens (tertiary/aromatic N) is 3. The molecule has 0 radical (unpaired) electrons. The van der Waals surface area contributed by atoms with Crippen molar-refractivity contribution >= 4 is 22.3 Å². The predicted molar refractivity (Wildman–Crippen MR) is 65.8 cm³/mol. The van der Waals surface area contributed by atoms with Crippen LogP contribution in [0.3, 0.4) is 0 Å². The van der Waals surface area contributed by atoms with Gasteiger partial charge in [0, 0.05) is 35.4 Å². The molecule has 0 aromatic carbocycles. The van der Waals surface area contributed by atoms with Crippen LogP contribution in [0.2, 0.25) is 0 Å². The van der Waals surface area contributed by atoms with Crippen molar-refractivity contribution in [2.45, 2.75) is 6.92 Å². The van der Waals surface area contributed by atoms with E-state index in [1.165, 1.54) is 4.40 Å². The first-order chi connectivity index (χ1) is 8.08. The van der Waals surface area contributed by atoms with Crippen LogP contribution in [0.4, 0.5) is 5.82 Å². The van der Waals surface area contributed by atoms with Crippen molar-refractivity contribution in [1.82, 2.24) is 19.6 Å². The van der Waals surface area contributed by atoms with Gasteiger partial charge in [-0.2, -0.15) is 5.10 Å². The third-order valence-electron chi connectivity index (χ3n) is 2.27. The van der Waals surface area contributed by atoms with Crippen molar-refractivity contribution < 1.29 is 4.21 Å². The summed E-state index contributed by atoms with van der Waals surface area (Å²) in [6, 6.07) is 1.67. The van der Waals surface area contributed by atoms with E-state index in [-0.39, 0.29) is 5.69 Å². The topological polar surface area (TPSA) is 92.2 Å². The van der Waals surface area contributed by atoms with Gasteiger partial charge in [0.15, 0.2) is 5.65 Å². The van der Waals surface area contributed by atoms with Crippen molar-refractivity contribution in [3.63, 3.8) is 0 Å². The Morgan fingerprint density at radius 3 is 3.06 bits per heavy atom. The van der Waals surface area contributed by atoms with Gasteiger partial charge in [-0.3, -0.25) is 4.21 Å². The number of hydrogen-bond donors (Lipinski definition) is 2. The van der Waals surface area contributed by atoms with Gasteiger partial charge in [0.05, 0.1) is 0 Å². The number of aromatic nitrogens is 4. The minimum absolute atomic E-state index is 0.300. The first-order valence-corrected chi connectivity index (χ1v) is 6.79. The summed E-state index contributed by atoms with van der Waals surface area (Å²) in [7, 11) is -0.835. The van der Waals surface area contributed by atoms with Crippen LogP contribution in [0.25, 0.3) is 5.65 Å². The monoisotopic (exact) mass is 255 g/mol. The highest BCUT2D eigenvalue weighted by Gasteiger charge is 2.06. The van der Waals surface area contributed by atoms with Gasteiger partial charge in [-0.1, -0.05) is 0 Å². The van der Waals surface area contributed by atoms with Crippen LogP contribution in [0.15, 0.2) is 10.9 Å². The molecule has 2 heterocycles. The quantitative estimate of drug-likeness (QED) is 0.769. The van der Waals surface area contributed by atoms with Crippen LogP contribution in [0, 0.1) is 6.92 Å². The van der Waals surface area contributed by atoms with E-state index in [0.29, 0.717) is 29.6 Å². The Bertz CT molecular complexity index is 617. The van der Waals surface area contributed by atoms with E-state index in [1.54, 1.807) is 19.2 Å². The van der Waals surface area contributed by atoms with Gasteiger partial charge in [-0.05, 0) is 6.92 Å². The fraction of sp³-hybridized carbons (Fsp3) is 0.444. The zero-order chi connectivity index (χ0) is 12.4. The molecular weight excluding hydrogens is 242 g/mol. The van der Waals surface area contributed by atoms with Crippen molar-refractivity contribution in [3.05, 3.63) is 22.4 Å². The minimum atomic E-state index is -0.835. The summed E-state index contributed by atoms with van der Waals surface area (Å²) in [5.74, 6) is 1.74. The first kappa shape index (κ1) is 11.8. The molecule has 0 spiro atoms. The molecule has 0 aliphatic carbocycles. The van der Waals surface area contributed by atoms with Crippen molar-refractivity contribution in [2.24, 2.45) is 0 Å². The highest BCUT2D eigenvalue weighted by atomic mass is 32.2. The summed E-state index contributed by atoms with van der Waals surface area (Å²) in [6.07, 6.45) is 1.65. The van der Waals surface area contributed by atoms with Crippen LogP contribution < -0.4 is 11.0 Å². The molecule has 0 bridgehead atoms. The lowest BCUT2D eigenvalue weighted by Crippen LogP contribution is -2.15. The van der Waals surface area contributed by atoms with E-state index < -0.39 is 10.8 Å². The lowest BCUT2D eigenvalue weighted by atomic mass is 10.5. The molecule has 8 heteroatoms. The van der Waals surface area contributed by atoms with Gasteiger partial charge in [0.1, 0.15) is 11.6 Å². The van der Waals surface area contributed by atoms with Crippen molar-refractivity contribution in [3.8, 4) is 0 Å². The number of aromatic amines is 1. The number of H-pyrrole nitrogens is 1. The van der Waals surface area contributed by atoms with E-state index in [4.69, 9.17) is 0 Å². The molecule has 2 aromatic heterocycles. The molecule has 1 atom stereocenters. The van der Waals surface area contributed by atoms with Crippen LogP contribution in [-0.2, 0) is 10.8 Å². The molecule has 2 aromatic rings. The second kappa shape index (κ2) is 4.66. The van der Waals surface area contributed by atoms with Crippen LogP contribution >= 0.6 is 0 Å². The van der Waals surface area contributed by atoms with E-state index in [9.17, 15) is 9.00 Å². The summed E-state index contributed by atoms with van der Waals surface area (Å²) in [4.78, 5) is 15.6. The molecule has 17 heavy (non-hydrogen) atoms. The predicted octanol–water partition coefficient (Wildman–Crippen LogP) is -0.484. The maximum Gasteiger partial charge on any atom is 0.349 e. The van der Waals surface area contributed by atoms with Crippen LogP contribution in [0.5, 0.6) is 0 Å². The third-order valence-corrected chi connectivity index (χ3v) is 3.04. The van der Waals surface area contributed by atoms with Crippen molar-refractivity contribution in [1.29, 1.82) is 0 Å². The summed E-state index contributed by atoms with van der Waals surface area (Å²) >= 11 is 0. The largest absolute Gasteiger partial charge is 0.369 e. The molecule has 0 aliphatic heterocycles. The van der Waals surface area contributed by atoms with Gasteiger partial charge in [0.25, 0.3) is 0 Å². The highest BCUT2D eigenvalue weighted by Crippen LogP contribution is 2.07. The molecule has 1 unspecified atom stereocenters. The molecular formula is C9H13N5O2S. The molecule has 0 saturated heterocycles. The van der Waals surface area contributed by atoms with Crippen molar-refractivity contribution in [2.75, 3.05) is 23.9 Å². The lowest BCUT2D eigenvalue weighted by Gasteiger charge is -2.05. The normalized spacial score (nSPS) is 12.8. The van der Waals surface area contributed by atoms with E-state index in [2.05, 4.69) is 20.5 Å². The molecule has 2 rings (SSSR count). The summed E-state index contributed by atoms with van der Waals surface area (Å²) in [6.45, 7) is 2.30. The number of anilines is 1. The zero-order valence-electron chi connectivity index (χ0n) is 9.56. The average Bonchev–Trinajstić information content (AvgIpc) is 2.60. The standard InChI is InChI=1S/C9H13N5O2S/c1-6-11-7(10-3-4-17(2)16)5-8-12-13-9(15)14(6)8/h5,10H,3-4H2,1-2H3,(H,13,15). The molecule has 0 aliphatic rings. The number of hydrogen-bond acceptors (Lipinski definition) is 5. The lowest BCUT2D eigenvalue weighted by molar-refractivity contribution is 0.687. The molecule has 7 nitrogen and oxygen atoms in total. The second-order valence-corrected chi connectivity index (χ2v) is 5.17. The first-order valence-electron chi connectivity index (χ1n) is 5.06. The maximum absolute atomic E-state index is 11.4. The molecule has 0 amide bonds. The molecule has 0 saturated carbocycles. The minimum Gasteiger partial charge on any atom is -0.369 e. The molecule has 0 fully saturated rings. The van der Waals surface area contributed by atoms with E-state index >= 15 is 0 Å². The molecule has 92 valence electrons. The Kier molecular flexibility index (Phi) is 3.23. The third kappa shape index (κ3) is 2.52. The Morgan fingerprint density at radius 1 is 1.59 bits per heavy atom. The van der Waals surface area contributed by atoms with Gasteiger partial charge < -0.3 is 5.32 Å². The number of aryl methyl sites for hydroxylation is 1. The van der Waals surface area contributed by atoms with Gasteiger partial charge in [-0.25, -0.2) is 19.3 Å². The molecule has 2 N–H and O–H groups in total. The van der Waals surface area contributed by atoms with Crippen LogP contribution in [-0.4, -0.2) is 42.3 Å². The Labute approximate surface area is 99.7 Å². The Hall–Kier alpha value is -1.70. The summed E-state index contributed by atoms with van der Waals surface area (Å²) in [5.41, 5.74) is 0.217. The Morgan fingerprint density at radius 2 is 2.35 bits per heavy atom. The SMILES string of the molecule is Cc1nc(NCCS(C)=O)cc2n[nH]c(=O)n12.